The van der Waals surface area contributed by atoms with E-state index in [-0.39, 0.29) is 0 Å². The van der Waals surface area contributed by atoms with E-state index in [0.717, 1.165) is 84.2 Å². The standard InChI is InChI=1S/C20H40N6O/c1-4-10-23(5-2)13-9-22-20(21-3)26-16-14-24(15-17-26)18-19(27)25-11-7-6-8-12-25/h4-18H2,1-3H3,(H,21,22). The number of likely N-dealkylation sites (tertiary alicyclic amines) is 1. The van der Waals surface area contributed by atoms with Crippen LogP contribution in [0, 0.1) is 0 Å². The second-order valence-corrected chi connectivity index (χ2v) is 7.61. The number of guanidine groups is 1. The van der Waals surface area contributed by atoms with Gasteiger partial charge in [-0.1, -0.05) is 13.8 Å². The van der Waals surface area contributed by atoms with Gasteiger partial charge in [0.1, 0.15) is 0 Å². The Morgan fingerprint density at radius 2 is 1.67 bits per heavy atom. The molecule has 0 aromatic carbocycles. The third kappa shape index (κ3) is 7.30. The van der Waals surface area contributed by atoms with Gasteiger partial charge in [0.15, 0.2) is 5.96 Å². The summed E-state index contributed by atoms with van der Waals surface area (Å²) in [7, 11) is 1.86. The molecule has 0 radical (unpaired) electrons. The van der Waals surface area contributed by atoms with E-state index < -0.39 is 0 Å². The lowest BCUT2D eigenvalue weighted by Crippen LogP contribution is -2.55. The van der Waals surface area contributed by atoms with Crippen molar-refractivity contribution in [2.24, 2.45) is 4.99 Å². The molecule has 2 fully saturated rings. The van der Waals surface area contributed by atoms with Crippen LogP contribution in [-0.4, -0.2) is 111 Å². The van der Waals surface area contributed by atoms with Gasteiger partial charge in [-0.2, -0.15) is 0 Å². The van der Waals surface area contributed by atoms with Gasteiger partial charge >= 0.3 is 0 Å². The SMILES string of the molecule is CCCN(CC)CCNC(=NC)N1CCN(CC(=O)N2CCCCC2)CC1. The number of aliphatic imine (C=N–C) groups is 1. The summed E-state index contributed by atoms with van der Waals surface area (Å²) in [5.41, 5.74) is 0. The lowest BCUT2D eigenvalue weighted by Gasteiger charge is -2.37. The fourth-order valence-electron chi connectivity index (χ4n) is 3.95. The molecule has 0 spiro atoms. The van der Waals surface area contributed by atoms with Crippen LogP contribution in [0.1, 0.15) is 39.5 Å². The maximum atomic E-state index is 12.5. The molecule has 0 aromatic heterocycles. The number of carbonyl (C=O) groups excluding carboxylic acids is 1. The van der Waals surface area contributed by atoms with E-state index in [2.05, 4.69) is 38.9 Å². The third-order valence-corrected chi connectivity index (χ3v) is 5.65. The fourth-order valence-corrected chi connectivity index (χ4v) is 3.95. The summed E-state index contributed by atoms with van der Waals surface area (Å²) in [6.45, 7) is 14.8. The predicted octanol–water partition coefficient (Wildman–Crippen LogP) is 0.924. The third-order valence-electron chi connectivity index (χ3n) is 5.65. The van der Waals surface area contributed by atoms with Crippen LogP contribution in [0.4, 0.5) is 0 Å². The van der Waals surface area contributed by atoms with Gasteiger partial charge in [-0.05, 0) is 38.8 Å². The van der Waals surface area contributed by atoms with Crippen molar-refractivity contribution in [3.05, 3.63) is 0 Å². The quantitative estimate of drug-likeness (QED) is 0.501. The average molecular weight is 381 g/mol. The summed E-state index contributed by atoms with van der Waals surface area (Å²) in [6.07, 6.45) is 4.79. The predicted molar refractivity (Wildman–Crippen MR) is 112 cm³/mol. The molecule has 0 saturated carbocycles. The first-order valence-corrected chi connectivity index (χ1v) is 10.9. The van der Waals surface area contributed by atoms with Gasteiger partial charge in [-0.15, -0.1) is 0 Å². The summed E-state index contributed by atoms with van der Waals surface area (Å²) in [4.78, 5) is 26.0. The van der Waals surface area contributed by atoms with Gasteiger partial charge in [0.05, 0.1) is 6.54 Å². The molecule has 2 heterocycles. The number of piperazine rings is 1. The average Bonchev–Trinajstić information content (AvgIpc) is 2.72. The number of piperidine rings is 1. The Kier molecular flexibility index (Phi) is 9.91. The van der Waals surface area contributed by atoms with Gasteiger partial charge in [-0.3, -0.25) is 14.7 Å². The van der Waals surface area contributed by atoms with Crippen LogP contribution in [0.2, 0.25) is 0 Å². The second-order valence-electron chi connectivity index (χ2n) is 7.61. The molecule has 1 N–H and O–H groups in total. The minimum Gasteiger partial charge on any atom is -0.355 e. The van der Waals surface area contributed by atoms with Crippen LogP contribution in [0.5, 0.6) is 0 Å². The summed E-state index contributed by atoms with van der Waals surface area (Å²) in [6, 6.07) is 0. The number of carbonyl (C=O) groups is 1. The first kappa shape index (κ1) is 22.0. The van der Waals surface area contributed by atoms with Crippen LogP contribution in [0.15, 0.2) is 4.99 Å². The van der Waals surface area contributed by atoms with E-state index in [9.17, 15) is 4.79 Å². The van der Waals surface area contributed by atoms with Crippen molar-refractivity contribution in [3.63, 3.8) is 0 Å². The molecule has 2 aliphatic rings. The van der Waals surface area contributed by atoms with Gasteiger partial charge in [0.25, 0.3) is 0 Å². The van der Waals surface area contributed by atoms with Crippen LogP contribution < -0.4 is 5.32 Å². The molecule has 156 valence electrons. The van der Waals surface area contributed by atoms with Crippen molar-refractivity contribution in [1.82, 2.24) is 24.9 Å². The summed E-state index contributed by atoms with van der Waals surface area (Å²) in [5, 5.41) is 3.51. The summed E-state index contributed by atoms with van der Waals surface area (Å²) >= 11 is 0. The molecule has 27 heavy (non-hydrogen) atoms. The van der Waals surface area contributed by atoms with E-state index in [1.54, 1.807) is 0 Å². The molecule has 0 unspecified atom stereocenters. The molecule has 0 atom stereocenters. The lowest BCUT2D eigenvalue weighted by atomic mass is 10.1. The minimum atomic E-state index is 0.307. The highest BCUT2D eigenvalue weighted by molar-refractivity contribution is 5.80. The van der Waals surface area contributed by atoms with Crippen molar-refractivity contribution >= 4 is 11.9 Å². The van der Waals surface area contributed by atoms with E-state index in [4.69, 9.17) is 0 Å². The molecular formula is C20H40N6O. The van der Waals surface area contributed by atoms with Gasteiger partial charge in [-0.25, -0.2) is 0 Å². The highest BCUT2D eigenvalue weighted by atomic mass is 16.2. The minimum absolute atomic E-state index is 0.307. The molecule has 0 aromatic rings. The first-order chi connectivity index (χ1) is 13.2. The number of hydrogen-bond acceptors (Lipinski definition) is 4. The molecule has 1 amide bonds. The number of rotatable bonds is 8. The highest BCUT2D eigenvalue weighted by Gasteiger charge is 2.24. The van der Waals surface area contributed by atoms with Crippen molar-refractivity contribution in [1.29, 1.82) is 0 Å². The van der Waals surface area contributed by atoms with E-state index in [0.29, 0.717) is 12.5 Å². The number of amides is 1. The molecule has 2 saturated heterocycles. The van der Waals surface area contributed by atoms with Crippen LogP contribution in [0.3, 0.4) is 0 Å². The molecule has 0 bridgehead atoms. The van der Waals surface area contributed by atoms with E-state index in [1.165, 1.54) is 12.8 Å². The Hall–Kier alpha value is -1.34. The molecule has 7 nitrogen and oxygen atoms in total. The molecular weight excluding hydrogens is 340 g/mol. The first-order valence-electron chi connectivity index (χ1n) is 10.9. The number of likely N-dealkylation sites (N-methyl/N-ethyl adjacent to an activating group) is 1. The molecule has 0 aliphatic carbocycles. The zero-order valence-corrected chi connectivity index (χ0v) is 17.8. The lowest BCUT2D eigenvalue weighted by molar-refractivity contribution is -0.133. The fraction of sp³-hybridized carbons (Fsp3) is 0.900. The smallest absolute Gasteiger partial charge is 0.236 e. The van der Waals surface area contributed by atoms with Gasteiger partial charge in [0, 0.05) is 59.4 Å². The zero-order chi connectivity index (χ0) is 19.5. The Morgan fingerprint density at radius 1 is 0.963 bits per heavy atom. The normalized spacial score (nSPS) is 19.6. The van der Waals surface area contributed by atoms with Crippen molar-refractivity contribution < 1.29 is 4.79 Å². The topological polar surface area (TPSA) is 54.4 Å². The van der Waals surface area contributed by atoms with Crippen LogP contribution >= 0.6 is 0 Å². The Morgan fingerprint density at radius 3 is 2.26 bits per heavy atom. The Labute approximate surface area is 165 Å². The van der Waals surface area contributed by atoms with Crippen molar-refractivity contribution in [3.8, 4) is 0 Å². The van der Waals surface area contributed by atoms with Gasteiger partial charge < -0.3 is 20.0 Å². The van der Waals surface area contributed by atoms with E-state index in [1.807, 2.05) is 11.9 Å². The number of nitrogens with zero attached hydrogens (tertiary/aromatic N) is 5. The van der Waals surface area contributed by atoms with E-state index >= 15 is 0 Å². The maximum absolute atomic E-state index is 12.5. The van der Waals surface area contributed by atoms with Crippen LogP contribution in [0.25, 0.3) is 0 Å². The Bertz CT molecular complexity index is 455. The van der Waals surface area contributed by atoms with Crippen molar-refractivity contribution in [2.45, 2.75) is 39.5 Å². The number of nitrogens with one attached hydrogen (secondary N) is 1. The molecule has 2 rings (SSSR count). The number of hydrogen-bond donors (Lipinski definition) is 1. The highest BCUT2D eigenvalue weighted by Crippen LogP contribution is 2.10. The Balaban J connectivity index is 1.69. The zero-order valence-electron chi connectivity index (χ0n) is 17.8. The maximum Gasteiger partial charge on any atom is 0.236 e. The summed E-state index contributed by atoms with van der Waals surface area (Å²) < 4.78 is 0. The van der Waals surface area contributed by atoms with Gasteiger partial charge in [0.2, 0.25) is 5.91 Å². The monoisotopic (exact) mass is 380 g/mol. The molecule has 2 aliphatic heterocycles. The molecule has 7 heteroatoms. The van der Waals surface area contributed by atoms with Crippen molar-refractivity contribution in [2.75, 3.05) is 79.0 Å². The largest absolute Gasteiger partial charge is 0.355 e. The van der Waals surface area contributed by atoms with Crippen LogP contribution in [-0.2, 0) is 4.79 Å². The summed E-state index contributed by atoms with van der Waals surface area (Å²) in [5.74, 6) is 1.30. The second kappa shape index (κ2) is 12.2.